The summed E-state index contributed by atoms with van der Waals surface area (Å²) in [5.74, 6) is -2.45. The fourth-order valence-corrected chi connectivity index (χ4v) is 6.53. The van der Waals surface area contributed by atoms with Crippen LogP contribution in [-0.4, -0.2) is 77.1 Å². The molecule has 5 fully saturated rings. The summed E-state index contributed by atoms with van der Waals surface area (Å²) in [7, 11) is 1.56. The van der Waals surface area contributed by atoms with Gasteiger partial charge in [0.1, 0.15) is 17.0 Å². The lowest BCUT2D eigenvalue weighted by atomic mass is 9.61. The molecule has 0 radical (unpaired) electrons. The molecule has 210 valence electrons. The van der Waals surface area contributed by atoms with Crippen LogP contribution in [0.2, 0.25) is 0 Å². The number of Topliss-reactive ketones (excluding diaryl/α,β-unsaturated/α-hetero) is 1. The van der Waals surface area contributed by atoms with Gasteiger partial charge in [-0.1, -0.05) is 12.1 Å². The lowest BCUT2D eigenvalue weighted by Gasteiger charge is -2.45. The minimum atomic E-state index is -1.20. The van der Waals surface area contributed by atoms with E-state index in [4.69, 9.17) is 4.74 Å². The monoisotopic (exact) mass is 547 g/mol. The number of carbonyl (C=O) groups excluding carboxylic acids is 5. The molecule has 7 rings (SSSR count). The molecule has 4 amide bonds. The third-order valence-electron chi connectivity index (χ3n) is 8.90. The van der Waals surface area contributed by atoms with Crippen molar-refractivity contribution in [1.82, 2.24) is 25.8 Å². The Hall–Kier alpha value is -4.15. The van der Waals surface area contributed by atoms with Crippen molar-refractivity contribution in [2.45, 2.75) is 56.1 Å². The van der Waals surface area contributed by atoms with Gasteiger partial charge in [0.15, 0.2) is 0 Å². The molecule has 4 N–H and O–H groups in total. The summed E-state index contributed by atoms with van der Waals surface area (Å²) in [6.07, 6.45) is 4.67. The summed E-state index contributed by atoms with van der Waals surface area (Å²) in [6, 6.07) is 5.98. The number of ether oxygens (including phenoxy) is 1. The summed E-state index contributed by atoms with van der Waals surface area (Å²) in [5, 5.41) is 8.97. The number of ketones is 1. The molecule has 2 saturated carbocycles. The molecule has 11 heteroatoms. The van der Waals surface area contributed by atoms with Crippen LogP contribution < -0.4 is 20.7 Å². The largest absolute Gasteiger partial charge is 0.496 e. The second-order valence-corrected chi connectivity index (χ2v) is 11.6. The number of hydrogen-bond donors (Lipinski definition) is 4. The molecule has 40 heavy (non-hydrogen) atoms. The molecule has 2 aliphatic carbocycles. The minimum absolute atomic E-state index is 0.0208. The van der Waals surface area contributed by atoms with E-state index in [2.05, 4.69) is 27.5 Å². The molecule has 3 aliphatic heterocycles. The van der Waals surface area contributed by atoms with Crippen LogP contribution in [0.15, 0.2) is 36.9 Å². The highest BCUT2D eigenvalue weighted by molar-refractivity contribution is 6.38. The van der Waals surface area contributed by atoms with Gasteiger partial charge in [-0.3, -0.25) is 24.0 Å². The maximum atomic E-state index is 14.0. The summed E-state index contributed by atoms with van der Waals surface area (Å²) < 4.78 is 5.43. The second kappa shape index (κ2) is 9.50. The van der Waals surface area contributed by atoms with E-state index in [9.17, 15) is 24.0 Å². The van der Waals surface area contributed by atoms with Crippen molar-refractivity contribution in [2.75, 3.05) is 20.2 Å². The number of fused-ring (bicyclic) bond motifs is 2. The SMILES string of the molecule is C=CC12CN(C(=O)c3cc4c(OC)cccc4[nH]3)C(C(=O)N[C@@H](C[C@@H]3CCNC3=O)C(=O)C(=O)NC3CC3)(C1)C2. The zero-order valence-corrected chi connectivity index (χ0v) is 22.4. The Morgan fingerprint density at radius 1 is 1.23 bits per heavy atom. The van der Waals surface area contributed by atoms with E-state index in [0.29, 0.717) is 43.8 Å². The number of rotatable bonds is 10. The van der Waals surface area contributed by atoms with Crippen molar-refractivity contribution in [3.8, 4) is 5.75 Å². The van der Waals surface area contributed by atoms with Crippen LogP contribution >= 0.6 is 0 Å². The van der Waals surface area contributed by atoms with Crippen LogP contribution in [-0.2, 0) is 19.2 Å². The Labute approximate surface area is 231 Å². The Bertz CT molecular complexity index is 1440. The number of benzene rings is 1. The van der Waals surface area contributed by atoms with E-state index in [1.54, 1.807) is 30.2 Å². The highest BCUT2D eigenvalue weighted by Crippen LogP contribution is 2.60. The number of aromatic nitrogens is 1. The van der Waals surface area contributed by atoms with Gasteiger partial charge in [-0.05, 0) is 56.7 Å². The molecule has 1 aromatic carbocycles. The van der Waals surface area contributed by atoms with Crippen molar-refractivity contribution in [1.29, 1.82) is 0 Å². The molecule has 1 aromatic heterocycles. The smallest absolute Gasteiger partial charge is 0.289 e. The van der Waals surface area contributed by atoms with Crippen LogP contribution in [0.5, 0.6) is 5.75 Å². The van der Waals surface area contributed by atoms with E-state index in [-0.39, 0.29) is 24.3 Å². The fourth-order valence-electron chi connectivity index (χ4n) is 6.53. The van der Waals surface area contributed by atoms with E-state index < -0.39 is 40.5 Å². The van der Waals surface area contributed by atoms with Crippen molar-refractivity contribution >= 4 is 40.3 Å². The number of nitrogens with one attached hydrogen (secondary N) is 4. The Kier molecular flexibility index (Phi) is 6.19. The maximum absolute atomic E-state index is 14.0. The van der Waals surface area contributed by atoms with Crippen LogP contribution in [0.25, 0.3) is 10.9 Å². The van der Waals surface area contributed by atoms with Crippen molar-refractivity contribution in [3.63, 3.8) is 0 Å². The van der Waals surface area contributed by atoms with Gasteiger partial charge in [-0.15, -0.1) is 6.58 Å². The van der Waals surface area contributed by atoms with Gasteiger partial charge in [-0.25, -0.2) is 0 Å². The van der Waals surface area contributed by atoms with Crippen LogP contribution in [0.4, 0.5) is 0 Å². The molecule has 2 aromatic rings. The first-order valence-corrected chi connectivity index (χ1v) is 13.7. The van der Waals surface area contributed by atoms with Gasteiger partial charge in [0.05, 0.1) is 13.2 Å². The normalized spacial score (nSPS) is 27.5. The first kappa shape index (κ1) is 26.1. The summed E-state index contributed by atoms with van der Waals surface area (Å²) in [4.78, 5) is 70.7. The lowest BCUT2D eigenvalue weighted by molar-refractivity contribution is -0.143. The van der Waals surface area contributed by atoms with Crippen molar-refractivity contribution < 1.29 is 28.7 Å². The zero-order valence-electron chi connectivity index (χ0n) is 22.4. The molecule has 11 nitrogen and oxygen atoms in total. The van der Waals surface area contributed by atoms with Gasteiger partial charge in [0.2, 0.25) is 17.6 Å². The highest BCUT2D eigenvalue weighted by Gasteiger charge is 2.69. The summed E-state index contributed by atoms with van der Waals surface area (Å²) in [5.41, 5.74) is -0.563. The molecular formula is C29H33N5O6. The summed E-state index contributed by atoms with van der Waals surface area (Å²) in [6.45, 7) is 4.73. The average molecular weight is 548 g/mol. The predicted molar refractivity (Wildman–Crippen MR) is 144 cm³/mol. The number of methoxy groups -OCH3 is 1. The van der Waals surface area contributed by atoms with Gasteiger partial charge in [0, 0.05) is 41.4 Å². The molecule has 3 saturated heterocycles. The zero-order chi connectivity index (χ0) is 28.2. The first-order valence-electron chi connectivity index (χ1n) is 13.7. The van der Waals surface area contributed by atoms with E-state index in [1.165, 1.54) is 0 Å². The average Bonchev–Trinajstić information content (AvgIpc) is 3.27. The first-order chi connectivity index (χ1) is 19.2. The molecule has 5 aliphatic rings. The standard InChI is InChI=1S/C29H33N5O6/c1-3-28-13-29(14-28,34(15-28)26(38)21-12-18-19(32-21)5-4-6-22(18)40-2)27(39)33-20(11-16-9-10-30-24(16)36)23(35)25(37)31-17-7-8-17/h3-6,12,16-17,20,32H,1,7-11,13-15H2,2H3,(H,30,36)(H,31,37)(H,33,39)/t16-,20-,28?,29?/m0/s1. The molecule has 2 bridgehead atoms. The third kappa shape index (κ3) is 4.24. The van der Waals surface area contributed by atoms with Crippen LogP contribution in [0.1, 0.15) is 49.0 Å². The number of amides is 4. The number of H-pyrrole nitrogens is 1. The quantitative estimate of drug-likeness (QED) is 0.259. The van der Waals surface area contributed by atoms with Crippen molar-refractivity contribution in [2.24, 2.45) is 11.3 Å². The fraction of sp³-hybridized carbons (Fsp3) is 0.483. The minimum Gasteiger partial charge on any atom is -0.496 e. The number of nitrogens with zero attached hydrogens (tertiary/aromatic N) is 1. The van der Waals surface area contributed by atoms with Gasteiger partial charge in [0.25, 0.3) is 11.8 Å². The highest BCUT2D eigenvalue weighted by atomic mass is 16.5. The maximum Gasteiger partial charge on any atom is 0.289 e. The van der Waals surface area contributed by atoms with E-state index >= 15 is 0 Å². The van der Waals surface area contributed by atoms with Gasteiger partial charge < -0.3 is 30.6 Å². The topological polar surface area (TPSA) is 150 Å². The van der Waals surface area contributed by atoms with Gasteiger partial charge >= 0.3 is 0 Å². The number of carbonyl (C=O) groups is 5. The third-order valence-corrected chi connectivity index (χ3v) is 8.90. The molecule has 2 atom stereocenters. The molecular weight excluding hydrogens is 514 g/mol. The van der Waals surface area contributed by atoms with Crippen LogP contribution in [0.3, 0.4) is 0 Å². The Balaban J connectivity index is 1.26. The van der Waals surface area contributed by atoms with Gasteiger partial charge in [-0.2, -0.15) is 0 Å². The van der Waals surface area contributed by atoms with E-state index in [0.717, 1.165) is 23.7 Å². The molecule has 4 heterocycles. The second-order valence-electron chi connectivity index (χ2n) is 11.6. The van der Waals surface area contributed by atoms with E-state index in [1.807, 2.05) is 12.1 Å². The van der Waals surface area contributed by atoms with Crippen molar-refractivity contribution in [3.05, 3.63) is 42.6 Å². The Morgan fingerprint density at radius 2 is 2.00 bits per heavy atom. The lowest BCUT2D eigenvalue weighted by Crippen LogP contribution is -2.63. The number of hydrogen-bond acceptors (Lipinski definition) is 6. The molecule has 0 spiro atoms. The molecule has 0 unspecified atom stereocenters. The number of aromatic amines is 1. The Morgan fingerprint density at radius 3 is 2.65 bits per heavy atom. The summed E-state index contributed by atoms with van der Waals surface area (Å²) >= 11 is 0. The predicted octanol–water partition coefficient (Wildman–Crippen LogP) is 1.20. The van der Waals surface area contributed by atoms with Crippen LogP contribution in [0, 0.1) is 11.3 Å².